The monoisotopic (exact) mass is 1000 g/mol. The molecule has 70 heavy (non-hydrogen) atoms. The van der Waals surface area contributed by atoms with Crippen LogP contribution in [0.25, 0.3) is 0 Å². The van der Waals surface area contributed by atoms with E-state index < -0.39 is 57.8 Å². The van der Waals surface area contributed by atoms with Crippen LogP contribution in [0.2, 0.25) is 0 Å². The maximum absolute atomic E-state index is 12.9. The molecule has 2 N–H and O–H groups in total. The van der Waals surface area contributed by atoms with E-state index in [0.717, 1.165) is 128 Å². The summed E-state index contributed by atoms with van der Waals surface area (Å²) in [4.78, 5) is 48.4. The standard InChI is InChI=1S/C58H99O11P/c1-4-7-10-13-16-19-22-25-27-30-32-35-38-41-44-47-56(60)65-51-55(69-58(62)49-46-43-40-37-34-31-28-26-23-20-17-14-11-8-5-2)53-67-70(63,64)66-52-54(50-59)68-57(61)48-45-42-39-36-33-29-24-21-18-15-12-9-6-3/h8-9,11-12,17-18,20-21,25-29,33,54-55,59H,4-7,10,13-16,19,22-24,30-32,34-53H2,1-3H3,(H,63,64)/b11-8-,12-9-,20-17-,21-18-,27-25-,28-26-,33-29-. The summed E-state index contributed by atoms with van der Waals surface area (Å²) in [6, 6.07) is 0. The molecule has 0 aromatic rings. The van der Waals surface area contributed by atoms with E-state index >= 15 is 0 Å². The van der Waals surface area contributed by atoms with E-state index in [1.165, 1.54) is 38.5 Å². The summed E-state index contributed by atoms with van der Waals surface area (Å²) in [5.74, 6) is -1.53. The van der Waals surface area contributed by atoms with Crippen molar-refractivity contribution in [2.24, 2.45) is 0 Å². The average Bonchev–Trinajstić information content (AvgIpc) is 3.35. The van der Waals surface area contributed by atoms with Gasteiger partial charge in [0.1, 0.15) is 12.7 Å². The van der Waals surface area contributed by atoms with Crippen molar-refractivity contribution < 1.29 is 52.2 Å². The van der Waals surface area contributed by atoms with Gasteiger partial charge in [0.2, 0.25) is 0 Å². The fraction of sp³-hybridized carbons (Fsp3) is 0.707. The molecule has 3 atom stereocenters. The summed E-state index contributed by atoms with van der Waals surface area (Å²) in [5, 5.41) is 9.78. The molecule has 0 aromatic heterocycles. The van der Waals surface area contributed by atoms with E-state index in [-0.39, 0.29) is 25.9 Å². The van der Waals surface area contributed by atoms with Crippen LogP contribution < -0.4 is 0 Å². The van der Waals surface area contributed by atoms with E-state index in [9.17, 15) is 28.9 Å². The first-order valence-corrected chi connectivity index (χ1v) is 29.0. The fourth-order valence-electron chi connectivity index (χ4n) is 7.14. The Morgan fingerprint density at radius 3 is 1.17 bits per heavy atom. The Morgan fingerprint density at radius 1 is 0.414 bits per heavy atom. The van der Waals surface area contributed by atoms with Crippen molar-refractivity contribution in [3.8, 4) is 0 Å². The number of hydrogen-bond acceptors (Lipinski definition) is 10. The third kappa shape index (κ3) is 49.6. The minimum Gasteiger partial charge on any atom is -0.462 e. The minimum absolute atomic E-state index is 0.137. The third-order valence-corrected chi connectivity index (χ3v) is 12.2. The van der Waals surface area contributed by atoms with Gasteiger partial charge >= 0.3 is 25.7 Å². The molecule has 0 spiro atoms. The van der Waals surface area contributed by atoms with Crippen LogP contribution in [0.4, 0.5) is 0 Å². The highest BCUT2D eigenvalue weighted by atomic mass is 31.2. The molecule has 0 aliphatic heterocycles. The van der Waals surface area contributed by atoms with Crippen molar-refractivity contribution in [3.63, 3.8) is 0 Å². The smallest absolute Gasteiger partial charge is 0.462 e. The lowest BCUT2D eigenvalue weighted by Gasteiger charge is -2.21. The lowest BCUT2D eigenvalue weighted by molar-refractivity contribution is -0.161. The number of allylic oxidation sites excluding steroid dienone is 14. The van der Waals surface area contributed by atoms with E-state index in [1.54, 1.807) is 0 Å². The zero-order chi connectivity index (χ0) is 51.3. The number of phosphoric acid groups is 1. The average molecular weight is 1000 g/mol. The number of aliphatic hydroxyl groups is 1. The van der Waals surface area contributed by atoms with Crippen molar-refractivity contribution in [3.05, 3.63) is 85.1 Å². The Bertz CT molecular complexity index is 1500. The number of aliphatic hydroxyl groups excluding tert-OH is 1. The van der Waals surface area contributed by atoms with Gasteiger partial charge in [0.25, 0.3) is 0 Å². The molecule has 0 aliphatic carbocycles. The molecule has 11 nitrogen and oxygen atoms in total. The first-order valence-electron chi connectivity index (χ1n) is 27.5. The van der Waals surface area contributed by atoms with Gasteiger partial charge in [0.05, 0.1) is 19.8 Å². The van der Waals surface area contributed by atoms with Crippen LogP contribution in [-0.2, 0) is 42.2 Å². The molecule has 0 aromatic carbocycles. The number of esters is 3. The molecule has 0 amide bonds. The molecular formula is C58H99O11P. The lowest BCUT2D eigenvalue weighted by atomic mass is 10.1. The fourth-order valence-corrected chi connectivity index (χ4v) is 7.93. The summed E-state index contributed by atoms with van der Waals surface area (Å²) >= 11 is 0. The topological polar surface area (TPSA) is 155 Å². The Balaban J connectivity index is 4.80. The summed E-state index contributed by atoms with van der Waals surface area (Å²) in [7, 11) is -4.76. The SMILES string of the molecule is CC/C=C\C/C=C\C/C=C\CCCCCCCC(=O)OC(COC(=O)CCCCCCC/C=C\CCCCCCCC)COP(=O)(O)OCC(CO)OC(=O)CCCCC/C=C\C/C=C\C/C=C\CC. The molecule has 0 heterocycles. The molecule has 12 heteroatoms. The number of hydrogen-bond donors (Lipinski definition) is 2. The third-order valence-electron chi connectivity index (χ3n) is 11.3. The van der Waals surface area contributed by atoms with E-state index in [0.29, 0.717) is 19.3 Å². The van der Waals surface area contributed by atoms with E-state index in [1.807, 2.05) is 0 Å². The summed E-state index contributed by atoms with van der Waals surface area (Å²) < 4.78 is 39.4. The van der Waals surface area contributed by atoms with Gasteiger partial charge in [-0.2, -0.15) is 0 Å². The lowest BCUT2D eigenvalue weighted by Crippen LogP contribution is -2.30. The highest BCUT2D eigenvalue weighted by Gasteiger charge is 2.28. The molecule has 0 aliphatic rings. The molecule has 402 valence electrons. The predicted octanol–water partition coefficient (Wildman–Crippen LogP) is 15.9. The van der Waals surface area contributed by atoms with Crippen LogP contribution in [0.15, 0.2) is 85.1 Å². The van der Waals surface area contributed by atoms with Gasteiger partial charge in [0.15, 0.2) is 6.10 Å². The quantitative estimate of drug-likeness (QED) is 0.0197. The molecule has 0 bridgehead atoms. The van der Waals surface area contributed by atoms with Crippen LogP contribution >= 0.6 is 7.82 Å². The van der Waals surface area contributed by atoms with Crippen LogP contribution in [0.5, 0.6) is 0 Å². The van der Waals surface area contributed by atoms with Crippen molar-refractivity contribution in [1.82, 2.24) is 0 Å². The number of carbonyl (C=O) groups excluding carboxylic acids is 3. The molecule has 0 rings (SSSR count). The molecule has 0 radical (unpaired) electrons. The van der Waals surface area contributed by atoms with Gasteiger partial charge in [-0.3, -0.25) is 23.4 Å². The predicted molar refractivity (Wildman–Crippen MR) is 288 cm³/mol. The number of phosphoric ester groups is 1. The van der Waals surface area contributed by atoms with E-state index in [2.05, 4.69) is 106 Å². The second-order valence-corrected chi connectivity index (χ2v) is 19.4. The van der Waals surface area contributed by atoms with Crippen LogP contribution in [-0.4, -0.2) is 66.5 Å². The van der Waals surface area contributed by atoms with Crippen molar-refractivity contribution in [2.45, 2.75) is 238 Å². The van der Waals surface area contributed by atoms with Gasteiger partial charge in [-0.05, 0) is 109 Å². The van der Waals surface area contributed by atoms with E-state index in [4.69, 9.17) is 23.3 Å². The zero-order valence-electron chi connectivity index (χ0n) is 44.2. The van der Waals surface area contributed by atoms with Gasteiger partial charge < -0.3 is 24.2 Å². The second kappa shape index (κ2) is 52.0. The highest BCUT2D eigenvalue weighted by Crippen LogP contribution is 2.43. The number of carbonyl (C=O) groups is 3. The Hall–Kier alpha value is -3.34. The van der Waals surface area contributed by atoms with Gasteiger partial charge in [-0.1, -0.05) is 183 Å². The molecular weight excluding hydrogens is 904 g/mol. The molecule has 0 saturated heterocycles. The number of ether oxygens (including phenoxy) is 3. The highest BCUT2D eigenvalue weighted by molar-refractivity contribution is 7.47. The summed E-state index contributed by atoms with van der Waals surface area (Å²) in [6.07, 6.45) is 58.3. The van der Waals surface area contributed by atoms with Crippen molar-refractivity contribution >= 4 is 25.7 Å². The maximum Gasteiger partial charge on any atom is 0.472 e. The summed E-state index contributed by atoms with van der Waals surface area (Å²) in [5.41, 5.74) is 0. The molecule has 0 saturated carbocycles. The van der Waals surface area contributed by atoms with Gasteiger partial charge in [-0.15, -0.1) is 0 Å². The zero-order valence-corrected chi connectivity index (χ0v) is 45.1. The number of unbranched alkanes of at least 4 members (excludes halogenated alkanes) is 19. The first-order chi connectivity index (χ1) is 34.2. The normalized spacial score (nSPS) is 14.1. The van der Waals surface area contributed by atoms with Gasteiger partial charge in [0, 0.05) is 19.3 Å². The van der Waals surface area contributed by atoms with Crippen molar-refractivity contribution in [2.75, 3.05) is 26.4 Å². The molecule has 0 fully saturated rings. The Labute approximate surface area is 426 Å². The Kier molecular flexibility index (Phi) is 49.5. The van der Waals surface area contributed by atoms with Crippen LogP contribution in [0.1, 0.15) is 226 Å². The molecule has 3 unspecified atom stereocenters. The Morgan fingerprint density at radius 2 is 0.743 bits per heavy atom. The first kappa shape index (κ1) is 66.7. The van der Waals surface area contributed by atoms with Crippen LogP contribution in [0, 0.1) is 0 Å². The number of rotatable bonds is 50. The minimum atomic E-state index is -4.76. The maximum atomic E-state index is 12.9. The van der Waals surface area contributed by atoms with Gasteiger partial charge in [-0.25, -0.2) is 4.57 Å². The largest absolute Gasteiger partial charge is 0.472 e. The summed E-state index contributed by atoms with van der Waals surface area (Å²) in [6.45, 7) is 4.34. The van der Waals surface area contributed by atoms with Crippen LogP contribution in [0.3, 0.4) is 0 Å². The second-order valence-electron chi connectivity index (χ2n) is 18.0. The van der Waals surface area contributed by atoms with Crippen molar-refractivity contribution in [1.29, 1.82) is 0 Å².